The highest BCUT2D eigenvalue weighted by Gasteiger charge is 2.05. The zero-order valence-corrected chi connectivity index (χ0v) is 8.99. The van der Waals surface area contributed by atoms with Crippen molar-refractivity contribution in [3.05, 3.63) is 33.8 Å². The number of thiophene rings is 2. The SMILES string of the molecule is C[C@H](N)c1ccc(-c2ccsc2)s1. The highest BCUT2D eigenvalue weighted by atomic mass is 32.1. The van der Waals surface area contributed by atoms with Gasteiger partial charge in [0.2, 0.25) is 0 Å². The van der Waals surface area contributed by atoms with E-state index in [9.17, 15) is 0 Å². The Morgan fingerprint density at radius 3 is 2.69 bits per heavy atom. The van der Waals surface area contributed by atoms with Gasteiger partial charge < -0.3 is 5.73 Å². The van der Waals surface area contributed by atoms with Gasteiger partial charge in [0, 0.05) is 21.4 Å². The largest absolute Gasteiger partial charge is 0.324 e. The second kappa shape index (κ2) is 3.62. The standard InChI is InChI=1S/C10H11NS2/c1-7(11)9-2-3-10(13-9)8-4-5-12-6-8/h2-7H,11H2,1H3/t7-/m0/s1. The minimum atomic E-state index is 0.150. The molecule has 68 valence electrons. The molecular formula is C10H11NS2. The molecule has 0 fully saturated rings. The summed E-state index contributed by atoms with van der Waals surface area (Å²) < 4.78 is 0. The van der Waals surface area contributed by atoms with Crippen LogP contribution in [-0.4, -0.2) is 0 Å². The van der Waals surface area contributed by atoms with Crippen molar-refractivity contribution in [3.8, 4) is 10.4 Å². The summed E-state index contributed by atoms with van der Waals surface area (Å²) in [5, 5.41) is 4.26. The van der Waals surface area contributed by atoms with Gasteiger partial charge in [-0.1, -0.05) is 0 Å². The van der Waals surface area contributed by atoms with Crippen molar-refractivity contribution in [2.75, 3.05) is 0 Å². The summed E-state index contributed by atoms with van der Waals surface area (Å²) in [4.78, 5) is 2.56. The van der Waals surface area contributed by atoms with Gasteiger partial charge in [-0.25, -0.2) is 0 Å². The van der Waals surface area contributed by atoms with Crippen molar-refractivity contribution in [2.45, 2.75) is 13.0 Å². The van der Waals surface area contributed by atoms with E-state index in [-0.39, 0.29) is 6.04 Å². The fourth-order valence-corrected chi connectivity index (χ4v) is 2.84. The van der Waals surface area contributed by atoms with E-state index in [0.29, 0.717) is 0 Å². The predicted octanol–water partition coefficient (Wildman–Crippen LogP) is 3.50. The number of hydrogen-bond donors (Lipinski definition) is 1. The Balaban J connectivity index is 2.33. The third-order valence-electron chi connectivity index (χ3n) is 1.88. The van der Waals surface area contributed by atoms with Crippen LogP contribution >= 0.6 is 22.7 Å². The molecule has 2 aromatic heterocycles. The normalized spacial score (nSPS) is 13.1. The van der Waals surface area contributed by atoms with E-state index in [1.165, 1.54) is 15.3 Å². The number of rotatable bonds is 2. The lowest BCUT2D eigenvalue weighted by molar-refractivity contribution is 0.838. The summed E-state index contributed by atoms with van der Waals surface area (Å²) in [6, 6.07) is 6.55. The monoisotopic (exact) mass is 209 g/mol. The molecule has 0 unspecified atom stereocenters. The molecule has 0 aliphatic carbocycles. The van der Waals surface area contributed by atoms with Crippen molar-refractivity contribution >= 4 is 22.7 Å². The van der Waals surface area contributed by atoms with Crippen molar-refractivity contribution in [1.82, 2.24) is 0 Å². The van der Waals surface area contributed by atoms with E-state index in [2.05, 4.69) is 29.0 Å². The number of nitrogens with two attached hydrogens (primary N) is 1. The van der Waals surface area contributed by atoms with Crippen molar-refractivity contribution in [2.24, 2.45) is 5.73 Å². The summed E-state index contributed by atoms with van der Waals surface area (Å²) in [7, 11) is 0. The van der Waals surface area contributed by atoms with E-state index >= 15 is 0 Å². The molecule has 0 amide bonds. The molecule has 1 nitrogen and oxygen atoms in total. The smallest absolute Gasteiger partial charge is 0.0361 e. The first-order valence-electron chi connectivity index (χ1n) is 4.15. The average Bonchev–Trinajstić information content (AvgIpc) is 2.75. The van der Waals surface area contributed by atoms with E-state index in [1.54, 1.807) is 22.7 Å². The van der Waals surface area contributed by atoms with Gasteiger partial charge in [0.25, 0.3) is 0 Å². The lowest BCUT2D eigenvalue weighted by Crippen LogP contribution is -2.01. The average molecular weight is 209 g/mol. The van der Waals surface area contributed by atoms with Crippen LogP contribution in [0, 0.1) is 0 Å². The Kier molecular flexibility index (Phi) is 2.49. The summed E-state index contributed by atoms with van der Waals surface area (Å²) in [5.41, 5.74) is 7.10. The maximum absolute atomic E-state index is 5.79. The van der Waals surface area contributed by atoms with E-state index < -0.39 is 0 Å². The second-order valence-corrected chi connectivity index (χ2v) is 4.90. The van der Waals surface area contributed by atoms with Crippen LogP contribution in [-0.2, 0) is 0 Å². The van der Waals surface area contributed by atoms with Crippen LogP contribution in [0.2, 0.25) is 0 Å². The number of hydrogen-bond acceptors (Lipinski definition) is 3. The van der Waals surface area contributed by atoms with E-state index in [1.807, 2.05) is 6.92 Å². The molecule has 2 rings (SSSR count). The first-order valence-corrected chi connectivity index (χ1v) is 5.91. The van der Waals surface area contributed by atoms with Gasteiger partial charge in [-0.05, 0) is 35.9 Å². The molecule has 0 bridgehead atoms. The third kappa shape index (κ3) is 1.82. The molecular weight excluding hydrogens is 198 g/mol. The predicted molar refractivity (Wildman–Crippen MR) is 60.2 cm³/mol. The Hall–Kier alpha value is -0.640. The van der Waals surface area contributed by atoms with Gasteiger partial charge in [0.05, 0.1) is 0 Å². The van der Waals surface area contributed by atoms with Crippen LogP contribution in [0.25, 0.3) is 10.4 Å². The molecule has 0 saturated heterocycles. The Morgan fingerprint density at radius 1 is 1.31 bits per heavy atom. The molecule has 2 aromatic rings. The van der Waals surface area contributed by atoms with Crippen LogP contribution in [0.1, 0.15) is 17.8 Å². The maximum atomic E-state index is 5.79. The molecule has 0 aliphatic rings. The van der Waals surface area contributed by atoms with Gasteiger partial charge in [-0.3, -0.25) is 0 Å². The van der Waals surface area contributed by atoms with Crippen molar-refractivity contribution < 1.29 is 0 Å². The highest BCUT2D eigenvalue weighted by molar-refractivity contribution is 7.16. The third-order valence-corrected chi connectivity index (χ3v) is 3.90. The molecule has 0 radical (unpaired) electrons. The van der Waals surface area contributed by atoms with Crippen LogP contribution in [0.3, 0.4) is 0 Å². The fraction of sp³-hybridized carbons (Fsp3) is 0.200. The van der Waals surface area contributed by atoms with Crippen LogP contribution < -0.4 is 5.73 Å². The Bertz CT molecular complexity index is 373. The molecule has 1 atom stereocenters. The lowest BCUT2D eigenvalue weighted by Gasteiger charge is -1.97. The molecule has 0 spiro atoms. The maximum Gasteiger partial charge on any atom is 0.0361 e. The zero-order chi connectivity index (χ0) is 9.26. The van der Waals surface area contributed by atoms with Crippen molar-refractivity contribution in [1.29, 1.82) is 0 Å². The fourth-order valence-electron chi connectivity index (χ4n) is 1.16. The molecule has 0 aromatic carbocycles. The van der Waals surface area contributed by atoms with Crippen molar-refractivity contribution in [3.63, 3.8) is 0 Å². The first-order chi connectivity index (χ1) is 6.27. The van der Waals surface area contributed by atoms with E-state index in [4.69, 9.17) is 5.73 Å². The quantitative estimate of drug-likeness (QED) is 0.805. The summed E-state index contributed by atoms with van der Waals surface area (Å²) in [5.74, 6) is 0. The van der Waals surface area contributed by atoms with Crippen LogP contribution in [0.4, 0.5) is 0 Å². The topological polar surface area (TPSA) is 26.0 Å². The second-order valence-electron chi connectivity index (χ2n) is 3.00. The summed E-state index contributed by atoms with van der Waals surface area (Å²) in [6.45, 7) is 2.02. The molecule has 2 N–H and O–H groups in total. The van der Waals surface area contributed by atoms with Gasteiger partial charge in [-0.2, -0.15) is 11.3 Å². The van der Waals surface area contributed by atoms with Gasteiger partial charge in [0.1, 0.15) is 0 Å². The zero-order valence-electron chi connectivity index (χ0n) is 7.36. The molecule has 0 aliphatic heterocycles. The molecule has 3 heteroatoms. The van der Waals surface area contributed by atoms with Gasteiger partial charge in [0.15, 0.2) is 0 Å². The van der Waals surface area contributed by atoms with Crippen LogP contribution in [0.15, 0.2) is 29.0 Å². The summed E-state index contributed by atoms with van der Waals surface area (Å²) >= 11 is 3.51. The minimum Gasteiger partial charge on any atom is -0.324 e. The minimum absolute atomic E-state index is 0.150. The van der Waals surface area contributed by atoms with E-state index in [0.717, 1.165) is 0 Å². The molecule has 2 heterocycles. The van der Waals surface area contributed by atoms with Crippen LogP contribution in [0.5, 0.6) is 0 Å². The Labute approximate surface area is 85.8 Å². The van der Waals surface area contributed by atoms with Gasteiger partial charge in [-0.15, -0.1) is 11.3 Å². The van der Waals surface area contributed by atoms with Gasteiger partial charge >= 0.3 is 0 Å². The Morgan fingerprint density at radius 2 is 2.15 bits per heavy atom. The highest BCUT2D eigenvalue weighted by Crippen LogP contribution is 2.31. The molecule has 13 heavy (non-hydrogen) atoms. The molecule has 0 saturated carbocycles. The first kappa shape index (κ1) is 8.94. The lowest BCUT2D eigenvalue weighted by atomic mass is 10.2. The summed E-state index contributed by atoms with van der Waals surface area (Å²) in [6.07, 6.45) is 0.